The molecular weight excluding hydrogens is 156 g/mol. The highest BCUT2D eigenvalue weighted by molar-refractivity contribution is 6.00. The van der Waals surface area contributed by atoms with E-state index in [1.807, 2.05) is 0 Å². The third-order valence-corrected chi connectivity index (χ3v) is 1.37. The lowest BCUT2D eigenvalue weighted by atomic mass is 10.2. The highest BCUT2D eigenvalue weighted by Gasteiger charge is 2.05. The Balaban J connectivity index is 3.18. The molecule has 0 aromatic heterocycles. The molecule has 62 valence electrons. The van der Waals surface area contributed by atoms with E-state index in [1.54, 1.807) is 18.2 Å². The van der Waals surface area contributed by atoms with E-state index in [9.17, 15) is 5.11 Å². The smallest absolute Gasteiger partial charge is 0.203 e. The van der Waals surface area contributed by atoms with Crippen LogP contribution in [0.3, 0.4) is 0 Å². The predicted molar refractivity (Wildman–Crippen MR) is 44.0 cm³/mol. The van der Waals surface area contributed by atoms with Gasteiger partial charge in [0.15, 0.2) is 0 Å². The van der Waals surface area contributed by atoms with E-state index in [-0.39, 0.29) is 11.6 Å². The first-order valence-corrected chi connectivity index (χ1v) is 3.23. The SMILES string of the molecule is N=NC(=NN)c1ccccc1O. The zero-order valence-electron chi connectivity index (χ0n) is 6.23. The van der Waals surface area contributed by atoms with Gasteiger partial charge in [0.2, 0.25) is 5.84 Å². The fourth-order valence-corrected chi connectivity index (χ4v) is 0.821. The lowest BCUT2D eigenvalue weighted by Crippen LogP contribution is -1.99. The Hall–Kier alpha value is -1.91. The third kappa shape index (κ3) is 1.39. The summed E-state index contributed by atoms with van der Waals surface area (Å²) < 4.78 is 0. The minimum absolute atomic E-state index is 0.00750. The summed E-state index contributed by atoms with van der Waals surface area (Å²) in [5.41, 5.74) is 7.05. The Morgan fingerprint density at radius 3 is 2.58 bits per heavy atom. The average molecular weight is 164 g/mol. The summed E-state index contributed by atoms with van der Waals surface area (Å²) in [6.07, 6.45) is 0. The molecule has 0 aliphatic rings. The van der Waals surface area contributed by atoms with Crippen molar-refractivity contribution in [3.63, 3.8) is 0 Å². The Morgan fingerprint density at radius 2 is 2.08 bits per heavy atom. The molecule has 0 bridgehead atoms. The number of aromatic hydroxyl groups is 1. The zero-order valence-corrected chi connectivity index (χ0v) is 6.23. The van der Waals surface area contributed by atoms with Crippen molar-refractivity contribution in [1.29, 1.82) is 5.53 Å². The second kappa shape index (κ2) is 3.47. The number of benzene rings is 1. The minimum Gasteiger partial charge on any atom is -0.507 e. The first-order valence-electron chi connectivity index (χ1n) is 3.23. The van der Waals surface area contributed by atoms with Gasteiger partial charge < -0.3 is 10.9 Å². The molecule has 5 nitrogen and oxygen atoms in total. The molecule has 1 aromatic rings. The summed E-state index contributed by atoms with van der Waals surface area (Å²) in [6.45, 7) is 0. The number of amidine groups is 1. The maximum atomic E-state index is 9.26. The molecule has 0 fully saturated rings. The summed E-state index contributed by atoms with van der Waals surface area (Å²) >= 11 is 0. The van der Waals surface area contributed by atoms with Gasteiger partial charge in [-0.2, -0.15) is 5.10 Å². The van der Waals surface area contributed by atoms with E-state index in [1.165, 1.54) is 6.07 Å². The molecule has 5 heteroatoms. The monoisotopic (exact) mass is 164 g/mol. The first-order chi connectivity index (χ1) is 5.79. The van der Waals surface area contributed by atoms with Gasteiger partial charge in [-0.25, -0.2) is 5.53 Å². The topological polar surface area (TPSA) is 94.8 Å². The molecule has 1 aromatic carbocycles. The zero-order chi connectivity index (χ0) is 8.97. The summed E-state index contributed by atoms with van der Waals surface area (Å²) in [4.78, 5) is 0. The summed E-state index contributed by atoms with van der Waals surface area (Å²) in [5, 5.41) is 15.6. The number of rotatable bonds is 1. The minimum atomic E-state index is 0.00750. The summed E-state index contributed by atoms with van der Waals surface area (Å²) in [7, 11) is 0. The van der Waals surface area contributed by atoms with Gasteiger partial charge >= 0.3 is 0 Å². The number of hydrazone groups is 1. The van der Waals surface area contributed by atoms with Crippen LogP contribution >= 0.6 is 0 Å². The number of nitrogens with one attached hydrogen (secondary N) is 1. The molecule has 0 aliphatic heterocycles. The van der Waals surface area contributed by atoms with Gasteiger partial charge in [0, 0.05) is 0 Å². The molecule has 0 saturated carbocycles. The van der Waals surface area contributed by atoms with E-state index in [0.717, 1.165) is 0 Å². The second-order valence-corrected chi connectivity index (χ2v) is 2.08. The molecule has 0 radical (unpaired) electrons. The molecule has 0 aliphatic carbocycles. The van der Waals surface area contributed by atoms with Crippen molar-refractivity contribution in [2.45, 2.75) is 0 Å². The Kier molecular flexibility index (Phi) is 2.37. The third-order valence-electron chi connectivity index (χ3n) is 1.37. The van der Waals surface area contributed by atoms with E-state index in [4.69, 9.17) is 11.4 Å². The number of hydrogen-bond donors (Lipinski definition) is 3. The molecule has 4 N–H and O–H groups in total. The molecule has 0 atom stereocenters. The number of nitrogens with two attached hydrogens (primary N) is 1. The van der Waals surface area contributed by atoms with Crippen molar-refractivity contribution in [3.05, 3.63) is 29.8 Å². The van der Waals surface area contributed by atoms with Crippen LogP contribution in [0.2, 0.25) is 0 Å². The molecule has 1 rings (SSSR count). The summed E-state index contributed by atoms with van der Waals surface area (Å²) in [6, 6.07) is 6.42. The van der Waals surface area contributed by atoms with Crippen molar-refractivity contribution in [2.75, 3.05) is 0 Å². The van der Waals surface area contributed by atoms with Crippen LogP contribution in [0.5, 0.6) is 5.75 Å². The molecule has 12 heavy (non-hydrogen) atoms. The number of nitrogens with zero attached hydrogens (tertiary/aromatic N) is 2. The van der Waals surface area contributed by atoms with Crippen molar-refractivity contribution in [2.24, 2.45) is 16.1 Å². The average Bonchev–Trinajstić information content (AvgIpc) is 2.10. The summed E-state index contributed by atoms with van der Waals surface area (Å²) in [5.74, 6) is 4.97. The van der Waals surface area contributed by atoms with E-state index in [0.29, 0.717) is 5.56 Å². The number of phenolic OH excluding ortho intramolecular Hbond substituents is 1. The Labute approximate surface area is 69.0 Å². The van der Waals surface area contributed by atoms with E-state index in [2.05, 4.69) is 10.2 Å². The van der Waals surface area contributed by atoms with Crippen LogP contribution in [0, 0.1) is 5.53 Å². The Bertz CT molecular complexity index is 321. The normalized spacial score (nSPS) is 11.2. The molecule has 0 spiro atoms. The maximum Gasteiger partial charge on any atom is 0.203 e. The lowest BCUT2D eigenvalue weighted by Gasteiger charge is -1.99. The Morgan fingerprint density at radius 1 is 1.42 bits per heavy atom. The second-order valence-electron chi connectivity index (χ2n) is 2.08. The van der Waals surface area contributed by atoms with Gasteiger partial charge in [-0.3, -0.25) is 0 Å². The maximum absolute atomic E-state index is 9.26. The molecule has 0 saturated heterocycles. The van der Waals surface area contributed by atoms with Crippen LogP contribution < -0.4 is 5.84 Å². The first kappa shape index (κ1) is 8.19. The van der Waals surface area contributed by atoms with Crippen LogP contribution in [0.25, 0.3) is 0 Å². The van der Waals surface area contributed by atoms with E-state index < -0.39 is 0 Å². The van der Waals surface area contributed by atoms with E-state index >= 15 is 0 Å². The molecule has 0 heterocycles. The van der Waals surface area contributed by atoms with Crippen LogP contribution in [0.4, 0.5) is 0 Å². The number of phenols is 1. The van der Waals surface area contributed by atoms with Crippen molar-refractivity contribution in [3.8, 4) is 5.75 Å². The van der Waals surface area contributed by atoms with Gasteiger partial charge in [0.25, 0.3) is 0 Å². The van der Waals surface area contributed by atoms with Crippen molar-refractivity contribution >= 4 is 5.84 Å². The molecular formula is C7H8N4O. The lowest BCUT2D eigenvalue weighted by molar-refractivity contribution is 0.474. The molecule has 0 amide bonds. The molecule has 0 unspecified atom stereocenters. The van der Waals surface area contributed by atoms with Crippen LogP contribution in [0.1, 0.15) is 5.56 Å². The van der Waals surface area contributed by atoms with Crippen molar-refractivity contribution in [1.82, 2.24) is 0 Å². The largest absolute Gasteiger partial charge is 0.507 e. The van der Waals surface area contributed by atoms with Crippen LogP contribution in [0.15, 0.2) is 34.5 Å². The number of para-hydroxylation sites is 1. The van der Waals surface area contributed by atoms with Gasteiger partial charge in [-0.1, -0.05) is 12.1 Å². The van der Waals surface area contributed by atoms with Gasteiger partial charge in [0.05, 0.1) is 5.56 Å². The predicted octanol–water partition coefficient (Wildman–Crippen LogP) is 1.04. The fourth-order valence-electron chi connectivity index (χ4n) is 0.821. The van der Waals surface area contributed by atoms with Crippen molar-refractivity contribution < 1.29 is 5.11 Å². The van der Waals surface area contributed by atoms with Crippen LogP contribution in [-0.2, 0) is 0 Å². The van der Waals surface area contributed by atoms with Gasteiger partial charge in [-0.05, 0) is 12.1 Å². The van der Waals surface area contributed by atoms with Gasteiger partial charge in [-0.15, -0.1) is 5.11 Å². The quantitative estimate of drug-likeness (QED) is 0.190. The van der Waals surface area contributed by atoms with Gasteiger partial charge in [0.1, 0.15) is 5.75 Å². The highest BCUT2D eigenvalue weighted by Crippen LogP contribution is 2.16. The highest BCUT2D eigenvalue weighted by atomic mass is 16.3. The fraction of sp³-hybridized carbons (Fsp3) is 0. The standard InChI is InChI=1S/C7H8N4O/c8-10-7(11-9)5-3-1-2-4-6(5)12/h1-4,8,12H,9H2. The van der Waals surface area contributed by atoms with Crippen LogP contribution in [-0.4, -0.2) is 10.9 Å². The number of hydrogen-bond acceptors (Lipinski definition) is 4.